The third kappa shape index (κ3) is 5.45. The van der Waals surface area contributed by atoms with E-state index in [1.807, 2.05) is 4.90 Å². The van der Waals surface area contributed by atoms with E-state index in [4.69, 9.17) is 9.73 Å². The number of rotatable bonds is 5. The number of aryl methyl sites for hydroxylation is 1. The van der Waals surface area contributed by atoms with Gasteiger partial charge in [0.25, 0.3) is 5.91 Å². The summed E-state index contributed by atoms with van der Waals surface area (Å²) >= 11 is 0. The molecule has 2 heterocycles. The minimum atomic E-state index is -0.215. The van der Waals surface area contributed by atoms with Gasteiger partial charge in [-0.15, -0.1) is 0 Å². The highest BCUT2D eigenvalue weighted by atomic mass is 16.5. The van der Waals surface area contributed by atoms with Crippen LogP contribution in [0, 0.1) is 6.92 Å². The molecule has 2 aliphatic heterocycles. The van der Waals surface area contributed by atoms with Gasteiger partial charge >= 0.3 is 0 Å². The van der Waals surface area contributed by atoms with E-state index in [1.165, 1.54) is 11.1 Å². The van der Waals surface area contributed by atoms with Gasteiger partial charge in [-0.3, -0.25) is 9.79 Å². The van der Waals surface area contributed by atoms with Crippen molar-refractivity contribution in [3.63, 3.8) is 0 Å². The van der Waals surface area contributed by atoms with Crippen LogP contribution in [0.15, 0.2) is 29.3 Å². The molecule has 1 aromatic rings. The van der Waals surface area contributed by atoms with Gasteiger partial charge in [0.05, 0.1) is 0 Å². The molecule has 2 saturated heterocycles. The lowest BCUT2D eigenvalue weighted by molar-refractivity contribution is -0.142. The Labute approximate surface area is 162 Å². The maximum absolute atomic E-state index is 12.5. The topological polar surface area (TPSA) is 57.2 Å². The minimum Gasteiger partial charge on any atom is -0.368 e. The van der Waals surface area contributed by atoms with Gasteiger partial charge in [-0.25, -0.2) is 0 Å². The molecule has 1 aromatic carbocycles. The van der Waals surface area contributed by atoms with Gasteiger partial charge in [0.2, 0.25) is 0 Å². The van der Waals surface area contributed by atoms with E-state index in [2.05, 4.69) is 48.3 Å². The summed E-state index contributed by atoms with van der Waals surface area (Å²) in [6.07, 6.45) is 2.58. The Morgan fingerprint density at radius 2 is 1.89 bits per heavy atom. The summed E-state index contributed by atoms with van der Waals surface area (Å²) in [4.78, 5) is 21.5. The first-order valence-electron chi connectivity index (χ1n) is 10.2. The SMILES string of the molecule is CCNC(=NCCc1ccc(C)cc1)N1CCN(C(=O)C2CCCO2)CC1. The molecule has 0 radical (unpaired) electrons. The molecule has 1 atom stereocenters. The third-order valence-corrected chi connectivity index (χ3v) is 5.21. The molecule has 0 aliphatic carbocycles. The molecule has 148 valence electrons. The first kappa shape index (κ1) is 19.7. The number of ether oxygens (including phenoxy) is 1. The number of hydrogen-bond acceptors (Lipinski definition) is 3. The number of amides is 1. The van der Waals surface area contributed by atoms with Crippen LogP contribution in [0.5, 0.6) is 0 Å². The summed E-state index contributed by atoms with van der Waals surface area (Å²) in [5, 5.41) is 3.39. The Balaban J connectivity index is 1.51. The van der Waals surface area contributed by atoms with Gasteiger partial charge in [0, 0.05) is 45.9 Å². The number of nitrogens with one attached hydrogen (secondary N) is 1. The molecule has 0 saturated carbocycles. The lowest BCUT2D eigenvalue weighted by atomic mass is 10.1. The predicted molar refractivity (Wildman–Crippen MR) is 108 cm³/mol. The number of carbonyl (C=O) groups excluding carboxylic acids is 1. The predicted octanol–water partition coefficient (Wildman–Crippen LogP) is 1.83. The van der Waals surface area contributed by atoms with Crippen LogP contribution in [0.25, 0.3) is 0 Å². The molecular formula is C21H32N4O2. The van der Waals surface area contributed by atoms with Crippen LogP contribution in [0.3, 0.4) is 0 Å². The first-order chi connectivity index (χ1) is 13.2. The molecule has 2 fully saturated rings. The van der Waals surface area contributed by atoms with Crippen LogP contribution in [-0.2, 0) is 16.0 Å². The fourth-order valence-electron chi connectivity index (χ4n) is 3.59. The fourth-order valence-corrected chi connectivity index (χ4v) is 3.59. The average molecular weight is 373 g/mol. The number of aliphatic imine (C=N–C) groups is 1. The lowest BCUT2D eigenvalue weighted by Gasteiger charge is -2.37. The summed E-state index contributed by atoms with van der Waals surface area (Å²) in [5.41, 5.74) is 2.60. The number of piperazine rings is 1. The van der Waals surface area contributed by atoms with E-state index in [0.717, 1.165) is 64.5 Å². The van der Waals surface area contributed by atoms with Crippen LogP contribution in [0.4, 0.5) is 0 Å². The van der Waals surface area contributed by atoms with Gasteiger partial charge < -0.3 is 19.9 Å². The number of carbonyl (C=O) groups is 1. The van der Waals surface area contributed by atoms with Crippen molar-refractivity contribution in [3.8, 4) is 0 Å². The van der Waals surface area contributed by atoms with Crippen molar-refractivity contribution >= 4 is 11.9 Å². The van der Waals surface area contributed by atoms with Crippen molar-refractivity contribution in [2.24, 2.45) is 4.99 Å². The highest BCUT2D eigenvalue weighted by Gasteiger charge is 2.30. The summed E-state index contributed by atoms with van der Waals surface area (Å²) in [5.74, 6) is 1.11. The molecule has 0 spiro atoms. The monoisotopic (exact) mass is 372 g/mol. The van der Waals surface area contributed by atoms with E-state index in [1.54, 1.807) is 0 Å². The molecule has 1 amide bonds. The quantitative estimate of drug-likeness (QED) is 0.633. The summed E-state index contributed by atoms with van der Waals surface area (Å²) in [6.45, 7) is 9.63. The van der Waals surface area contributed by atoms with Gasteiger partial charge in [-0.1, -0.05) is 29.8 Å². The summed E-state index contributed by atoms with van der Waals surface area (Å²) < 4.78 is 5.54. The average Bonchev–Trinajstić information content (AvgIpc) is 3.23. The number of hydrogen-bond donors (Lipinski definition) is 1. The van der Waals surface area contributed by atoms with E-state index in [0.29, 0.717) is 6.61 Å². The van der Waals surface area contributed by atoms with Crippen LogP contribution in [0.1, 0.15) is 30.9 Å². The van der Waals surface area contributed by atoms with Crippen molar-refractivity contribution in [3.05, 3.63) is 35.4 Å². The van der Waals surface area contributed by atoms with Gasteiger partial charge in [0.15, 0.2) is 5.96 Å². The van der Waals surface area contributed by atoms with Crippen molar-refractivity contribution in [2.75, 3.05) is 45.9 Å². The molecule has 1 N–H and O–H groups in total. The Morgan fingerprint density at radius 3 is 2.52 bits per heavy atom. The Hall–Kier alpha value is -2.08. The smallest absolute Gasteiger partial charge is 0.251 e. The van der Waals surface area contributed by atoms with Crippen molar-refractivity contribution < 1.29 is 9.53 Å². The van der Waals surface area contributed by atoms with E-state index < -0.39 is 0 Å². The van der Waals surface area contributed by atoms with Crippen LogP contribution in [0.2, 0.25) is 0 Å². The second-order valence-corrected chi connectivity index (χ2v) is 7.29. The Morgan fingerprint density at radius 1 is 1.19 bits per heavy atom. The maximum atomic E-state index is 12.5. The zero-order valence-electron chi connectivity index (χ0n) is 16.6. The maximum Gasteiger partial charge on any atom is 0.251 e. The molecule has 6 heteroatoms. The fraction of sp³-hybridized carbons (Fsp3) is 0.619. The lowest BCUT2D eigenvalue weighted by Crippen LogP contribution is -2.55. The van der Waals surface area contributed by atoms with Gasteiger partial charge in [-0.05, 0) is 38.7 Å². The zero-order chi connectivity index (χ0) is 19.1. The Kier molecular flexibility index (Phi) is 7.10. The molecule has 6 nitrogen and oxygen atoms in total. The summed E-state index contributed by atoms with van der Waals surface area (Å²) in [6, 6.07) is 8.64. The van der Waals surface area contributed by atoms with Crippen LogP contribution in [-0.4, -0.2) is 73.6 Å². The second-order valence-electron chi connectivity index (χ2n) is 7.29. The molecule has 0 bridgehead atoms. The standard InChI is InChI=1S/C21H32N4O2/c1-3-22-21(23-11-10-18-8-6-17(2)7-9-18)25-14-12-24(13-15-25)20(26)19-5-4-16-27-19/h6-9,19H,3-5,10-16H2,1-2H3,(H,22,23). The van der Waals surface area contributed by atoms with E-state index in [-0.39, 0.29) is 12.0 Å². The minimum absolute atomic E-state index is 0.161. The largest absolute Gasteiger partial charge is 0.368 e. The van der Waals surface area contributed by atoms with Crippen molar-refractivity contribution in [1.29, 1.82) is 0 Å². The number of guanidine groups is 1. The second kappa shape index (κ2) is 9.74. The Bertz CT molecular complexity index is 630. The molecule has 3 rings (SSSR count). The van der Waals surface area contributed by atoms with E-state index in [9.17, 15) is 4.79 Å². The van der Waals surface area contributed by atoms with Gasteiger partial charge in [0.1, 0.15) is 6.10 Å². The molecule has 2 aliphatic rings. The number of benzene rings is 1. The molecule has 0 aromatic heterocycles. The van der Waals surface area contributed by atoms with Crippen LogP contribution >= 0.6 is 0 Å². The summed E-state index contributed by atoms with van der Waals surface area (Å²) in [7, 11) is 0. The van der Waals surface area contributed by atoms with Crippen molar-refractivity contribution in [1.82, 2.24) is 15.1 Å². The number of nitrogens with zero attached hydrogens (tertiary/aromatic N) is 3. The molecule has 27 heavy (non-hydrogen) atoms. The normalized spacial score (nSPS) is 20.8. The van der Waals surface area contributed by atoms with Crippen LogP contribution < -0.4 is 5.32 Å². The first-order valence-corrected chi connectivity index (χ1v) is 10.2. The molecular weight excluding hydrogens is 340 g/mol. The van der Waals surface area contributed by atoms with E-state index >= 15 is 0 Å². The zero-order valence-corrected chi connectivity index (χ0v) is 16.6. The van der Waals surface area contributed by atoms with Crippen molar-refractivity contribution in [2.45, 2.75) is 39.2 Å². The highest BCUT2D eigenvalue weighted by molar-refractivity contribution is 5.82. The highest BCUT2D eigenvalue weighted by Crippen LogP contribution is 2.16. The third-order valence-electron chi connectivity index (χ3n) is 5.21. The van der Waals surface area contributed by atoms with Gasteiger partial charge in [-0.2, -0.15) is 0 Å². The molecule has 1 unspecified atom stereocenters.